The third-order valence-corrected chi connectivity index (χ3v) is 9.51. The largest absolute Gasteiger partial charge is 0.495 e. The van der Waals surface area contributed by atoms with Gasteiger partial charge < -0.3 is 14.4 Å². The molecule has 1 amide bonds. The van der Waals surface area contributed by atoms with E-state index in [0.29, 0.717) is 23.5 Å². The van der Waals surface area contributed by atoms with Gasteiger partial charge in [0, 0.05) is 11.1 Å². The third-order valence-electron chi connectivity index (χ3n) is 7.82. The van der Waals surface area contributed by atoms with Crippen LogP contribution in [0.3, 0.4) is 0 Å². The smallest absolute Gasteiger partial charge is 0.272 e. The molecule has 0 spiro atoms. The first-order valence-electron chi connectivity index (χ1n) is 14.1. The molecular formula is C31H36FN3O5S. The molecule has 8 nitrogen and oxygen atoms in total. The average molecular weight is 582 g/mol. The number of aromatic nitrogens is 1. The lowest BCUT2D eigenvalue weighted by molar-refractivity contribution is -0.121. The van der Waals surface area contributed by atoms with Crippen LogP contribution < -0.4 is 13.8 Å². The van der Waals surface area contributed by atoms with Gasteiger partial charge in [0.15, 0.2) is 5.82 Å². The van der Waals surface area contributed by atoms with Crippen LogP contribution in [0, 0.1) is 5.82 Å². The van der Waals surface area contributed by atoms with E-state index in [0.717, 1.165) is 36.8 Å². The summed E-state index contributed by atoms with van der Waals surface area (Å²) >= 11 is 0. The number of amides is 1. The average Bonchev–Trinajstić information content (AvgIpc) is 3.21. The number of sulfonamides is 1. The Kier molecular flexibility index (Phi) is 8.33. The minimum absolute atomic E-state index is 0.0421. The first-order chi connectivity index (χ1) is 19.7. The van der Waals surface area contributed by atoms with Gasteiger partial charge in [-0.05, 0) is 95.6 Å². The fourth-order valence-corrected chi connectivity index (χ4v) is 7.33. The standard InChI is InChI=1S/C31H36FN3O5S/c1-22(2)40-23-12-14-25(15-13-23)41(37,38)35-29-27(20-24(39-3)21-33-29)31(30(35)36,26-10-5-6-11-28(26)32)16-9-19-34-17-7-4-8-18-34/h5-6,10-15,20-22H,4,7-9,16-19H2,1-3H3. The number of pyridine rings is 1. The highest BCUT2D eigenvalue weighted by Gasteiger charge is 2.57. The first kappa shape index (κ1) is 29.0. The SMILES string of the molecule is COc1cnc2c(c1)C(CCCN1CCCCC1)(c1ccccc1F)C(=O)N2S(=O)(=O)c1ccc(OC(C)C)cc1. The van der Waals surface area contributed by atoms with E-state index in [2.05, 4.69) is 9.88 Å². The molecule has 1 saturated heterocycles. The van der Waals surface area contributed by atoms with Gasteiger partial charge in [-0.15, -0.1) is 0 Å². The van der Waals surface area contributed by atoms with Crippen molar-refractivity contribution in [2.45, 2.75) is 62.4 Å². The van der Waals surface area contributed by atoms with Crippen molar-refractivity contribution in [2.24, 2.45) is 0 Å². The number of benzene rings is 2. The van der Waals surface area contributed by atoms with Crippen molar-refractivity contribution in [3.8, 4) is 11.5 Å². The molecule has 0 aliphatic carbocycles. The highest BCUT2D eigenvalue weighted by molar-refractivity contribution is 7.93. The van der Waals surface area contributed by atoms with Gasteiger partial charge in [-0.3, -0.25) is 4.79 Å². The van der Waals surface area contributed by atoms with Crippen LogP contribution >= 0.6 is 0 Å². The van der Waals surface area contributed by atoms with E-state index in [1.807, 2.05) is 13.8 Å². The molecule has 2 aromatic carbocycles. The fraction of sp³-hybridized carbons (Fsp3) is 0.419. The Morgan fingerprint density at radius 1 is 1.00 bits per heavy atom. The lowest BCUT2D eigenvalue weighted by atomic mass is 9.72. The minimum atomic E-state index is -4.41. The van der Waals surface area contributed by atoms with Crippen LogP contribution in [0.1, 0.15) is 57.1 Å². The second kappa shape index (κ2) is 11.8. The van der Waals surface area contributed by atoms with E-state index in [-0.39, 0.29) is 28.8 Å². The van der Waals surface area contributed by atoms with Crippen molar-refractivity contribution in [1.29, 1.82) is 0 Å². The van der Waals surface area contributed by atoms with Crippen molar-refractivity contribution in [2.75, 3.05) is 31.0 Å². The minimum Gasteiger partial charge on any atom is -0.495 e. The highest BCUT2D eigenvalue weighted by Crippen LogP contribution is 2.51. The van der Waals surface area contributed by atoms with Crippen molar-refractivity contribution in [3.05, 3.63) is 77.7 Å². The Hall–Kier alpha value is -3.50. The summed E-state index contributed by atoms with van der Waals surface area (Å²) in [5.41, 5.74) is -1.17. The molecule has 0 radical (unpaired) electrons. The van der Waals surface area contributed by atoms with Gasteiger partial charge in [0.05, 0.1) is 24.3 Å². The number of likely N-dealkylation sites (tertiary alicyclic amines) is 1. The second-order valence-electron chi connectivity index (χ2n) is 10.8. The van der Waals surface area contributed by atoms with Gasteiger partial charge in [0.1, 0.15) is 22.7 Å². The summed E-state index contributed by atoms with van der Waals surface area (Å²) in [6, 6.07) is 13.6. The maximum Gasteiger partial charge on any atom is 0.272 e. The number of fused-ring (bicyclic) bond motifs is 1. The van der Waals surface area contributed by atoms with Gasteiger partial charge in [-0.2, -0.15) is 4.31 Å². The van der Waals surface area contributed by atoms with Crippen LogP contribution in [-0.4, -0.2) is 57.1 Å². The van der Waals surface area contributed by atoms with E-state index < -0.39 is 27.2 Å². The van der Waals surface area contributed by atoms with Crippen LogP contribution in [0.5, 0.6) is 11.5 Å². The molecule has 41 heavy (non-hydrogen) atoms. The molecule has 0 saturated carbocycles. The topological polar surface area (TPSA) is 89.0 Å². The molecule has 0 bridgehead atoms. The Morgan fingerprint density at radius 2 is 1.71 bits per heavy atom. The molecule has 5 rings (SSSR count). The number of nitrogens with zero attached hydrogens (tertiary/aromatic N) is 3. The molecule has 1 fully saturated rings. The second-order valence-corrected chi connectivity index (χ2v) is 12.6. The predicted octanol–water partition coefficient (Wildman–Crippen LogP) is 5.30. The van der Waals surface area contributed by atoms with Crippen molar-refractivity contribution >= 4 is 21.7 Å². The van der Waals surface area contributed by atoms with Crippen LogP contribution in [0.2, 0.25) is 0 Å². The molecule has 3 aromatic rings. The predicted molar refractivity (Wildman–Crippen MR) is 154 cm³/mol. The fourth-order valence-electron chi connectivity index (χ4n) is 5.90. The number of hydrogen-bond acceptors (Lipinski definition) is 7. The Balaban J connectivity index is 1.62. The molecule has 1 atom stereocenters. The number of ether oxygens (including phenoxy) is 2. The Bertz CT molecular complexity index is 1510. The molecule has 218 valence electrons. The van der Waals surface area contributed by atoms with Gasteiger partial charge in [-0.25, -0.2) is 17.8 Å². The lowest BCUT2D eigenvalue weighted by Gasteiger charge is -2.32. The normalized spacial score (nSPS) is 19.4. The van der Waals surface area contributed by atoms with E-state index >= 15 is 4.39 Å². The van der Waals surface area contributed by atoms with Crippen molar-refractivity contribution < 1.29 is 27.1 Å². The zero-order valence-electron chi connectivity index (χ0n) is 23.7. The number of rotatable bonds is 10. The monoisotopic (exact) mass is 581 g/mol. The van der Waals surface area contributed by atoms with Gasteiger partial charge >= 0.3 is 0 Å². The maximum absolute atomic E-state index is 15.6. The Morgan fingerprint density at radius 3 is 2.37 bits per heavy atom. The van der Waals surface area contributed by atoms with Gasteiger partial charge in [-0.1, -0.05) is 24.6 Å². The molecule has 0 N–H and O–H groups in total. The molecule has 1 aromatic heterocycles. The lowest BCUT2D eigenvalue weighted by Crippen LogP contribution is -2.45. The number of piperidine rings is 1. The summed E-state index contributed by atoms with van der Waals surface area (Å²) in [6.07, 6.45) is 5.49. The molecule has 3 heterocycles. The molecular weight excluding hydrogens is 545 g/mol. The van der Waals surface area contributed by atoms with Crippen LogP contribution in [0.15, 0.2) is 65.7 Å². The van der Waals surface area contributed by atoms with Crippen molar-refractivity contribution in [3.63, 3.8) is 0 Å². The van der Waals surface area contributed by atoms with Crippen LogP contribution in [0.4, 0.5) is 10.2 Å². The van der Waals surface area contributed by atoms with Crippen LogP contribution in [0.25, 0.3) is 0 Å². The number of carbonyl (C=O) groups is 1. The summed E-state index contributed by atoms with van der Waals surface area (Å²) in [7, 11) is -2.94. The first-order valence-corrected chi connectivity index (χ1v) is 15.5. The molecule has 10 heteroatoms. The quantitative estimate of drug-likeness (QED) is 0.321. The van der Waals surface area contributed by atoms with E-state index in [1.165, 1.54) is 37.9 Å². The number of anilines is 1. The summed E-state index contributed by atoms with van der Waals surface area (Å²) < 4.78 is 55.7. The number of carbonyl (C=O) groups excluding carboxylic acids is 1. The zero-order valence-corrected chi connectivity index (χ0v) is 24.5. The van der Waals surface area contributed by atoms with E-state index in [4.69, 9.17) is 9.47 Å². The van der Waals surface area contributed by atoms with Crippen LogP contribution in [-0.2, 0) is 20.2 Å². The van der Waals surface area contributed by atoms with E-state index in [1.54, 1.807) is 36.4 Å². The number of methoxy groups -OCH3 is 1. The van der Waals surface area contributed by atoms with Gasteiger partial charge in [0.25, 0.3) is 15.9 Å². The number of halogens is 1. The summed E-state index contributed by atoms with van der Waals surface area (Å²) in [5, 5.41) is 0. The molecule has 2 aliphatic rings. The summed E-state index contributed by atoms with van der Waals surface area (Å²) in [4.78, 5) is 21.3. The number of hydrogen-bond donors (Lipinski definition) is 0. The molecule has 2 aliphatic heterocycles. The molecule has 1 unspecified atom stereocenters. The maximum atomic E-state index is 15.6. The van der Waals surface area contributed by atoms with Crippen molar-refractivity contribution in [1.82, 2.24) is 9.88 Å². The zero-order chi connectivity index (χ0) is 29.2. The Labute approximate surface area is 241 Å². The third kappa shape index (κ3) is 5.42. The highest BCUT2D eigenvalue weighted by atomic mass is 32.2. The summed E-state index contributed by atoms with van der Waals surface area (Å²) in [6.45, 7) is 6.42. The van der Waals surface area contributed by atoms with Gasteiger partial charge in [0.2, 0.25) is 0 Å². The van der Waals surface area contributed by atoms with E-state index in [9.17, 15) is 13.2 Å². The summed E-state index contributed by atoms with van der Waals surface area (Å²) in [5.74, 6) is -0.517.